The molecule has 0 unspecified atom stereocenters. The molecule has 0 aliphatic heterocycles. The summed E-state index contributed by atoms with van der Waals surface area (Å²) in [6, 6.07) is 15.9. The van der Waals surface area contributed by atoms with Crippen LogP contribution in [0.4, 0.5) is 4.39 Å². The van der Waals surface area contributed by atoms with Crippen LogP contribution in [0.3, 0.4) is 0 Å². The minimum atomic E-state index is -0.253. The standard InChI is InChI=1S/C23H23FN2O2/c24-19-9-7-18(8-10-19)23(11-3-4-12-23)15-25-21(27)14-17-13-16-5-1-2-6-20(16)26-22(17)28/h1-2,5-10,13H,3-4,11-12,14-15H2,(H,25,27)(H,26,28). The van der Waals surface area contributed by atoms with Gasteiger partial charge in [-0.25, -0.2) is 4.39 Å². The van der Waals surface area contributed by atoms with Crippen molar-refractivity contribution in [3.8, 4) is 0 Å². The first kappa shape index (κ1) is 18.4. The summed E-state index contributed by atoms with van der Waals surface area (Å²) in [5.74, 6) is -0.425. The lowest BCUT2D eigenvalue weighted by molar-refractivity contribution is -0.120. The molecule has 1 heterocycles. The molecule has 2 N–H and O–H groups in total. The Bertz CT molecular complexity index is 1050. The van der Waals surface area contributed by atoms with Crippen molar-refractivity contribution in [2.75, 3.05) is 6.54 Å². The molecule has 5 heteroatoms. The van der Waals surface area contributed by atoms with E-state index in [-0.39, 0.29) is 29.1 Å². The molecule has 1 aliphatic carbocycles. The number of nitrogens with one attached hydrogen (secondary N) is 2. The van der Waals surface area contributed by atoms with Crippen molar-refractivity contribution in [3.63, 3.8) is 0 Å². The quantitative estimate of drug-likeness (QED) is 0.709. The largest absolute Gasteiger partial charge is 0.355 e. The van der Waals surface area contributed by atoms with Crippen LogP contribution < -0.4 is 10.9 Å². The Morgan fingerprint density at radius 3 is 2.54 bits per heavy atom. The molecule has 1 aliphatic rings. The first-order chi connectivity index (χ1) is 13.6. The van der Waals surface area contributed by atoms with Gasteiger partial charge in [0, 0.05) is 23.0 Å². The molecular formula is C23H23FN2O2. The van der Waals surface area contributed by atoms with Gasteiger partial charge in [-0.15, -0.1) is 0 Å². The zero-order valence-electron chi connectivity index (χ0n) is 15.6. The number of amides is 1. The summed E-state index contributed by atoms with van der Waals surface area (Å²) in [6.45, 7) is 0.503. The Balaban J connectivity index is 1.48. The van der Waals surface area contributed by atoms with Crippen molar-refractivity contribution in [2.45, 2.75) is 37.5 Å². The van der Waals surface area contributed by atoms with E-state index in [0.717, 1.165) is 42.1 Å². The molecule has 1 fully saturated rings. The number of hydrogen-bond acceptors (Lipinski definition) is 2. The number of H-pyrrole nitrogens is 1. The molecule has 0 saturated heterocycles. The number of para-hydroxylation sites is 1. The number of fused-ring (bicyclic) bond motifs is 1. The molecule has 1 saturated carbocycles. The number of aromatic amines is 1. The van der Waals surface area contributed by atoms with E-state index in [1.165, 1.54) is 12.1 Å². The summed E-state index contributed by atoms with van der Waals surface area (Å²) in [5.41, 5.74) is 1.90. The monoisotopic (exact) mass is 378 g/mol. The second-order valence-corrected chi connectivity index (χ2v) is 7.66. The van der Waals surface area contributed by atoms with Crippen molar-refractivity contribution in [3.05, 3.63) is 81.9 Å². The van der Waals surface area contributed by atoms with Gasteiger partial charge in [-0.2, -0.15) is 0 Å². The van der Waals surface area contributed by atoms with Crippen molar-refractivity contribution in [2.24, 2.45) is 0 Å². The van der Waals surface area contributed by atoms with E-state index in [9.17, 15) is 14.0 Å². The summed E-state index contributed by atoms with van der Waals surface area (Å²) in [7, 11) is 0. The minimum Gasteiger partial charge on any atom is -0.355 e. The smallest absolute Gasteiger partial charge is 0.252 e. The van der Waals surface area contributed by atoms with Crippen LogP contribution in [0.5, 0.6) is 0 Å². The molecule has 1 aromatic heterocycles. The van der Waals surface area contributed by atoms with Crippen molar-refractivity contribution >= 4 is 16.8 Å². The van der Waals surface area contributed by atoms with E-state index in [0.29, 0.717) is 12.1 Å². The third-order valence-corrected chi connectivity index (χ3v) is 5.82. The summed E-state index contributed by atoms with van der Waals surface area (Å²) >= 11 is 0. The highest BCUT2D eigenvalue weighted by Crippen LogP contribution is 2.40. The summed E-state index contributed by atoms with van der Waals surface area (Å²) in [4.78, 5) is 27.7. The molecule has 0 radical (unpaired) electrons. The predicted molar refractivity (Wildman–Crippen MR) is 108 cm³/mol. The zero-order chi connectivity index (χ0) is 19.6. The molecular weight excluding hydrogens is 355 g/mol. The summed E-state index contributed by atoms with van der Waals surface area (Å²) < 4.78 is 13.3. The molecule has 0 atom stereocenters. The van der Waals surface area contributed by atoms with E-state index >= 15 is 0 Å². The number of carbonyl (C=O) groups is 1. The second kappa shape index (κ2) is 7.58. The average Bonchev–Trinajstić information content (AvgIpc) is 3.18. The van der Waals surface area contributed by atoms with Gasteiger partial charge in [0.05, 0.1) is 6.42 Å². The van der Waals surface area contributed by atoms with Gasteiger partial charge in [-0.1, -0.05) is 43.2 Å². The highest BCUT2D eigenvalue weighted by atomic mass is 19.1. The Morgan fingerprint density at radius 2 is 1.79 bits per heavy atom. The predicted octanol–water partition coefficient (Wildman–Crippen LogP) is 3.84. The van der Waals surface area contributed by atoms with Crippen molar-refractivity contribution in [1.29, 1.82) is 0 Å². The molecule has 4 nitrogen and oxygen atoms in total. The van der Waals surface area contributed by atoms with Crippen LogP contribution in [0, 0.1) is 5.82 Å². The van der Waals surface area contributed by atoms with Crippen LogP contribution in [-0.4, -0.2) is 17.4 Å². The summed E-state index contributed by atoms with van der Waals surface area (Å²) in [6.07, 6.45) is 4.17. The SMILES string of the molecule is O=C(Cc1cc2ccccc2[nH]c1=O)NCC1(c2ccc(F)cc2)CCCC1. The van der Waals surface area contributed by atoms with Gasteiger partial charge in [0.1, 0.15) is 5.82 Å². The normalized spacial score (nSPS) is 15.6. The van der Waals surface area contributed by atoms with Crippen molar-refractivity contribution < 1.29 is 9.18 Å². The Morgan fingerprint density at radius 1 is 1.07 bits per heavy atom. The van der Waals surface area contributed by atoms with Gasteiger partial charge in [-0.3, -0.25) is 9.59 Å². The summed E-state index contributed by atoms with van der Waals surface area (Å²) in [5, 5.41) is 3.92. The maximum absolute atomic E-state index is 13.3. The molecule has 0 bridgehead atoms. The number of pyridine rings is 1. The number of benzene rings is 2. The maximum atomic E-state index is 13.3. The highest BCUT2D eigenvalue weighted by molar-refractivity contribution is 5.82. The molecule has 2 aromatic carbocycles. The molecule has 4 rings (SSSR count). The number of hydrogen-bond donors (Lipinski definition) is 2. The molecule has 3 aromatic rings. The van der Waals surface area contributed by atoms with Crippen molar-refractivity contribution in [1.82, 2.24) is 10.3 Å². The van der Waals surface area contributed by atoms with E-state index in [2.05, 4.69) is 10.3 Å². The molecule has 28 heavy (non-hydrogen) atoms. The molecule has 0 spiro atoms. The van der Waals surface area contributed by atoms with Gasteiger partial charge < -0.3 is 10.3 Å². The van der Waals surface area contributed by atoms with Gasteiger partial charge >= 0.3 is 0 Å². The number of aromatic nitrogens is 1. The Kier molecular flexibility index (Phi) is 4.99. The lowest BCUT2D eigenvalue weighted by Gasteiger charge is -2.30. The van der Waals surface area contributed by atoms with Gasteiger partial charge in [0.15, 0.2) is 0 Å². The van der Waals surface area contributed by atoms with Gasteiger partial charge in [-0.05, 0) is 48.1 Å². The van der Waals surface area contributed by atoms with E-state index in [1.807, 2.05) is 36.4 Å². The van der Waals surface area contributed by atoms with E-state index in [4.69, 9.17) is 0 Å². The third-order valence-electron chi connectivity index (χ3n) is 5.82. The maximum Gasteiger partial charge on any atom is 0.252 e. The Hall–Kier alpha value is -2.95. The van der Waals surface area contributed by atoms with E-state index in [1.54, 1.807) is 6.07 Å². The van der Waals surface area contributed by atoms with Crippen LogP contribution in [0.25, 0.3) is 10.9 Å². The minimum absolute atomic E-state index is 0.0413. The average molecular weight is 378 g/mol. The Labute approximate surface area is 162 Å². The fraction of sp³-hybridized carbons (Fsp3) is 0.304. The molecule has 144 valence electrons. The highest BCUT2D eigenvalue weighted by Gasteiger charge is 2.35. The van der Waals surface area contributed by atoms with Crippen LogP contribution >= 0.6 is 0 Å². The fourth-order valence-electron chi connectivity index (χ4n) is 4.25. The first-order valence-corrected chi connectivity index (χ1v) is 9.69. The van der Waals surface area contributed by atoms with Gasteiger partial charge in [0.2, 0.25) is 5.91 Å². The lowest BCUT2D eigenvalue weighted by Crippen LogP contribution is -2.40. The number of rotatable bonds is 5. The van der Waals surface area contributed by atoms with Crippen LogP contribution in [0.2, 0.25) is 0 Å². The van der Waals surface area contributed by atoms with Crippen LogP contribution in [0.15, 0.2) is 59.4 Å². The van der Waals surface area contributed by atoms with Gasteiger partial charge in [0.25, 0.3) is 5.56 Å². The molecule has 1 amide bonds. The van der Waals surface area contributed by atoms with E-state index < -0.39 is 0 Å². The zero-order valence-corrected chi connectivity index (χ0v) is 15.6. The fourth-order valence-corrected chi connectivity index (χ4v) is 4.25. The van der Waals surface area contributed by atoms with Crippen LogP contribution in [-0.2, 0) is 16.6 Å². The first-order valence-electron chi connectivity index (χ1n) is 9.69. The lowest BCUT2D eigenvalue weighted by atomic mass is 9.78. The second-order valence-electron chi connectivity index (χ2n) is 7.66. The third kappa shape index (κ3) is 3.70. The van der Waals surface area contributed by atoms with Crippen LogP contribution in [0.1, 0.15) is 36.8 Å². The number of halogens is 1. The number of carbonyl (C=O) groups excluding carboxylic acids is 1. The topological polar surface area (TPSA) is 62.0 Å².